The second-order valence-electron chi connectivity index (χ2n) is 5.98. The van der Waals surface area contributed by atoms with Gasteiger partial charge in [0.2, 0.25) is 0 Å². The van der Waals surface area contributed by atoms with Crippen LogP contribution in [0.15, 0.2) is 54.6 Å². The van der Waals surface area contributed by atoms with Gasteiger partial charge < -0.3 is 15.2 Å². The number of hydrogen-bond donors (Lipinski definition) is 2. The third-order valence-corrected chi connectivity index (χ3v) is 4.62. The van der Waals surface area contributed by atoms with E-state index < -0.39 is 0 Å². The molecule has 0 spiro atoms. The van der Waals surface area contributed by atoms with Gasteiger partial charge in [-0.25, -0.2) is 4.79 Å². The third kappa shape index (κ3) is 2.36. The molecular formula is C19H19N3O. The van der Waals surface area contributed by atoms with E-state index in [9.17, 15) is 4.79 Å². The molecule has 2 N–H and O–H groups in total. The number of nitrogens with one attached hydrogen (secondary N) is 2. The molecule has 0 fully saturated rings. The summed E-state index contributed by atoms with van der Waals surface area (Å²) < 4.78 is 0. The Morgan fingerprint density at radius 1 is 1.13 bits per heavy atom. The summed E-state index contributed by atoms with van der Waals surface area (Å²) in [5, 5.41) is 4.26. The van der Waals surface area contributed by atoms with Crippen LogP contribution in [0.1, 0.15) is 24.2 Å². The molecule has 1 aromatic heterocycles. The van der Waals surface area contributed by atoms with E-state index in [-0.39, 0.29) is 12.1 Å². The van der Waals surface area contributed by atoms with Crippen LogP contribution in [-0.4, -0.2) is 22.5 Å². The van der Waals surface area contributed by atoms with Gasteiger partial charge in [0, 0.05) is 28.8 Å². The lowest BCUT2D eigenvalue weighted by Crippen LogP contribution is -2.41. The largest absolute Gasteiger partial charge is 0.356 e. The van der Waals surface area contributed by atoms with E-state index in [1.165, 1.54) is 10.9 Å². The van der Waals surface area contributed by atoms with Crippen LogP contribution >= 0.6 is 0 Å². The number of aromatic amines is 1. The minimum atomic E-state index is -0.0481. The molecule has 4 heteroatoms. The second kappa shape index (κ2) is 5.47. The molecular weight excluding hydrogens is 286 g/mol. The minimum Gasteiger partial charge on any atom is -0.356 e. The predicted molar refractivity (Wildman–Crippen MR) is 92.6 cm³/mol. The van der Waals surface area contributed by atoms with Crippen LogP contribution in [0, 0.1) is 0 Å². The fourth-order valence-electron chi connectivity index (χ4n) is 3.42. The molecule has 1 atom stereocenters. The highest BCUT2D eigenvalue weighted by Gasteiger charge is 2.30. The second-order valence-corrected chi connectivity index (χ2v) is 5.98. The third-order valence-electron chi connectivity index (χ3n) is 4.62. The molecule has 0 bridgehead atoms. The van der Waals surface area contributed by atoms with Crippen molar-refractivity contribution >= 4 is 22.6 Å². The first-order valence-electron chi connectivity index (χ1n) is 7.96. The number of rotatable bonds is 1. The van der Waals surface area contributed by atoms with Crippen molar-refractivity contribution in [2.24, 2.45) is 0 Å². The van der Waals surface area contributed by atoms with Crippen LogP contribution in [0.2, 0.25) is 0 Å². The van der Waals surface area contributed by atoms with Gasteiger partial charge in [0.05, 0.1) is 6.04 Å². The number of hydrogen-bond acceptors (Lipinski definition) is 1. The summed E-state index contributed by atoms with van der Waals surface area (Å²) in [7, 11) is 0. The van der Waals surface area contributed by atoms with Crippen LogP contribution in [0.25, 0.3) is 10.9 Å². The molecule has 2 aromatic carbocycles. The molecule has 0 saturated heterocycles. The molecule has 0 saturated carbocycles. The summed E-state index contributed by atoms with van der Waals surface area (Å²) >= 11 is 0. The Morgan fingerprint density at radius 3 is 2.70 bits per heavy atom. The number of fused-ring (bicyclic) bond motifs is 3. The number of para-hydroxylation sites is 2. The molecule has 4 nitrogen and oxygen atoms in total. The Morgan fingerprint density at radius 2 is 1.87 bits per heavy atom. The lowest BCUT2D eigenvalue weighted by atomic mass is 9.98. The first kappa shape index (κ1) is 13.9. The maximum atomic E-state index is 12.6. The number of H-pyrrole nitrogens is 1. The van der Waals surface area contributed by atoms with Crippen molar-refractivity contribution in [2.45, 2.75) is 19.4 Å². The number of amides is 2. The van der Waals surface area contributed by atoms with Crippen molar-refractivity contribution in [1.29, 1.82) is 0 Å². The summed E-state index contributed by atoms with van der Waals surface area (Å²) in [6, 6.07) is 17.9. The Labute approximate surface area is 135 Å². The number of aromatic nitrogens is 1. The molecule has 2 amide bonds. The molecule has 0 aliphatic carbocycles. The average Bonchev–Trinajstić information content (AvgIpc) is 2.96. The van der Waals surface area contributed by atoms with Crippen LogP contribution in [0.3, 0.4) is 0 Å². The molecule has 23 heavy (non-hydrogen) atoms. The highest BCUT2D eigenvalue weighted by Crippen LogP contribution is 2.34. The molecule has 2 heterocycles. The molecule has 4 rings (SSSR count). The van der Waals surface area contributed by atoms with Gasteiger partial charge >= 0.3 is 6.03 Å². The van der Waals surface area contributed by atoms with E-state index in [1.807, 2.05) is 41.3 Å². The summed E-state index contributed by atoms with van der Waals surface area (Å²) in [6.07, 6.45) is 0.881. The van der Waals surface area contributed by atoms with Crippen LogP contribution in [0.5, 0.6) is 0 Å². The molecule has 1 aliphatic heterocycles. The minimum absolute atomic E-state index is 0.0369. The van der Waals surface area contributed by atoms with Gasteiger partial charge in [-0.1, -0.05) is 36.4 Å². The zero-order chi connectivity index (χ0) is 15.8. The normalized spacial score (nSPS) is 17.1. The number of urea groups is 1. The Balaban J connectivity index is 1.62. The van der Waals surface area contributed by atoms with Crippen molar-refractivity contribution in [1.82, 2.24) is 9.88 Å². The lowest BCUT2D eigenvalue weighted by molar-refractivity contribution is 0.187. The zero-order valence-electron chi connectivity index (χ0n) is 13.0. The average molecular weight is 305 g/mol. The number of carbonyl (C=O) groups is 1. The predicted octanol–water partition coefficient (Wildman–Crippen LogP) is 4.32. The van der Waals surface area contributed by atoms with E-state index >= 15 is 0 Å². The monoisotopic (exact) mass is 305 g/mol. The van der Waals surface area contributed by atoms with Gasteiger partial charge in [-0.05, 0) is 37.1 Å². The maximum Gasteiger partial charge on any atom is 0.322 e. The first-order valence-corrected chi connectivity index (χ1v) is 7.96. The molecule has 1 aliphatic rings. The van der Waals surface area contributed by atoms with E-state index in [0.717, 1.165) is 29.9 Å². The fraction of sp³-hybridized carbons (Fsp3) is 0.211. The number of benzene rings is 2. The Hall–Kier alpha value is -2.75. The van der Waals surface area contributed by atoms with Gasteiger partial charge in [0.25, 0.3) is 0 Å². The lowest BCUT2D eigenvalue weighted by Gasteiger charge is -2.33. The standard InChI is InChI=1S/C19H19N3O/c1-13-18-16(15-9-5-6-10-17(15)21-18)11-12-22(13)19(23)20-14-7-3-2-4-8-14/h2-10,13,21H,11-12H2,1H3,(H,20,23)/t13-/m0/s1. The van der Waals surface area contributed by atoms with Gasteiger partial charge in [0.1, 0.15) is 0 Å². The zero-order valence-corrected chi connectivity index (χ0v) is 13.0. The van der Waals surface area contributed by atoms with Gasteiger partial charge in [0.15, 0.2) is 0 Å². The summed E-state index contributed by atoms with van der Waals surface area (Å²) in [6.45, 7) is 2.81. The molecule has 3 aromatic rings. The van der Waals surface area contributed by atoms with Crippen molar-refractivity contribution < 1.29 is 4.79 Å². The van der Waals surface area contributed by atoms with Crippen molar-refractivity contribution in [3.05, 3.63) is 65.9 Å². The van der Waals surface area contributed by atoms with Gasteiger partial charge in [-0.3, -0.25) is 0 Å². The highest BCUT2D eigenvalue weighted by molar-refractivity contribution is 5.91. The van der Waals surface area contributed by atoms with E-state index in [0.29, 0.717) is 0 Å². The van der Waals surface area contributed by atoms with Crippen LogP contribution in [0.4, 0.5) is 10.5 Å². The molecule has 0 unspecified atom stereocenters. The van der Waals surface area contributed by atoms with Crippen LogP contribution < -0.4 is 5.32 Å². The Bertz CT molecular complexity index is 853. The molecule has 0 radical (unpaired) electrons. The highest BCUT2D eigenvalue weighted by atomic mass is 16.2. The maximum absolute atomic E-state index is 12.6. The van der Waals surface area contributed by atoms with E-state index in [1.54, 1.807) is 0 Å². The summed E-state index contributed by atoms with van der Waals surface area (Å²) in [4.78, 5) is 18.0. The van der Waals surface area contributed by atoms with Crippen molar-refractivity contribution in [3.63, 3.8) is 0 Å². The van der Waals surface area contributed by atoms with Gasteiger partial charge in [-0.15, -0.1) is 0 Å². The number of anilines is 1. The van der Waals surface area contributed by atoms with Gasteiger partial charge in [-0.2, -0.15) is 0 Å². The molecule has 116 valence electrons. The first-order chi connectivity index (χ1) is 11.2. The van der Waals surface area contributed by atoms with Crippen molar-refractivity contribution in [2.75, 3.05) is 11.9 Å². The van der Waals surface area contributed by atoms with E-state index in [2.05, 4.69) is 35.4 Å². The van der Waals surface area contributed by atoms with E-state index in [4.69, 9.17) is 0 Å². The summed E-state index contributed by atoms with van der Waals surface area (Å²) in [5.41, 5.74) is 4.47. The van der Waals surface area contributed by atoms with Crippen LogP contribution in [-0.2, 0) is 6.42 Å². The smallest absolute Gasteiger partial charge is 0.322 e. The Kier molecular flexibility index (Phi) is 3.30. The SMILES string of the molecule is C[C@H]1c2[nH]c3ccccc3c2CCN1C(=O)Nc1ccccc1. The topological polar surface area (TPSA) is 48.1 Å². The summed E-state index contributed by atoms with van der Waals surface area (Å²) in [5.74, 6) is 0. The van der Waals surface area contributed by atoms with Crippen molar-refractivity contribution in [3.8, 4) is 0 Å². The number of carbonyl (C=O) groups excluding carboxylic acids is 1. The quantitative estimate of drug-likeness (QED) is 0.691. The number of nitrogens with zero attached hydrogens (tertiary/aromatic N) is 1. The fourth-order valence-corrected chi connectivity index (χ4v) is 3.42.